The Bertz CT molecular complexity index is 399. The molecule has 0 N–H and O–H groups in total. The Morgan fingerprint density at radius 2 is 1.89 bits per heavy atom. The summed E-state index contributed by atoms with van der Waals surface area (Å²) in [7, 11) is 0. The lowest BCUT2D eigenvalue weighted by atomic mass is 10.3. The first kappa shape index (κ1) is 12.6. The molecule has 2 rings (SSSR count). The Balaban J connectivity index is 1.95. The molecule has 0 spiro atoms. The normalized spacial score (nSPS) is 15.7. The van der Waals surface area contributed by atoms with Crippen LogP contribution in [-0.2, 0) is 4.79 Å². The predicted molar refractivity (Wildman–Crippen MR) is 67.7 cm³/mol. The van der Waals surface area contributed by atoms with Crippen molar-refractivity contribution in [3.8, 4) is 6.01 Å². The van der Waals surface area contributed by atoms with Crippen LogP contribution in [0.4, 0.5) is 5.69 Å². The van der Waals surface area contributed by atoms with Gasteiger partial charge < -0.3 is 14.5 Å². The van der Waals surface area contributed by atoms with Crippen molar-refractivity contribution in [2.45, 2.75) is 13.8 Å². The maximum atomic E-state index is 11.2. The highest BCUT2D eigenvalue weighted by Gasteiger charge is 2.19. The summed E-state index contributed by atoms with van der Waals surface area (Å²) in [4.78, 5) is 23.5. The van der Waals surface area contributed by atoms with Gasteiger partial charge in [0.2, 0.25) is 5.91 Å². The fourth-order valence-corrected chi connectivity index (χ4v) is 1.96. The molecule has 1 aromatic heterocycles. The molecule has 1 aliphatic heterocycles. The first-order valence-electron chi connectivity index (χ1n) is 6.16. The summed E-state index contributed by atoms with van der Waals surface area (Å²) in [5, 5.41) is 0. The lowest BCUT2D eigenvalue weighted by Crippen LogP contribution is -2.48. The summed E-state index contributed by atoms with van der Waals surface area (Å²) < 4.78 is 5.20. The number of anilines is 1. The molecule has 1 fully saturated rings. The molecule has 1 saturated heterocycles. The third kappa shape index (κ3) is 2.88. The van der Waals surface area contributed by atoms with Gasteiger partial charge in [0.1, 0.15) is 0 Å². The third-order valence-corrected chi connectivity index (χ3v) is 2.98. The van der Waals surface area contributed by atoms with Gasteiger partial charge in [0.15, 0.2) is 0 Å². The number of aromatic nitrogens is 2. The minimum Gasteiger partial charge on any atom is -0.464 e. The van der Waals surface area contributed by atoms with E-state index in [1.54, 1.807) is 19.3 Å². The minimum atomic E-state index is 0.137. The van der Waals surface area contributed by atoms with Gasteiger partial charge in [-0.15, -0.1) is 0 Å². The molecule has 6 nitrogen and oxygen atoms in total. The third-order valence-electron chi connectivity index (χ3n) is 2.98. The Morgan fingerprint density at radius 3 is 2.39 bits per heavy atom. The van der Waals surface area contributed by atoms with Crippen LogP contribution < -0.4 is 9.64 Å². The van der Waals surface area contributed by atoms with Crippen molar-refractivity contribution in [2.24, 2.45) is 0 Å². The van der Waals surface area contributed by atoms with Crippen molar-refractivity contribution in [3.05, 3.63) is 12.4 Å². The summed E-state index contributed by atoms with van der Waals surface area (Å²) in [5.41, 5.74) is 0.974. The van der Waals surface area contributed by atoms with Crippen molar-refractivity contribution < 1.29 is 9.53 Å². The molecule has 0 saturated carbocycles. The highest BCUT2D eigenvalue weighted by atomic mass is 16.5. The molecule has 18 heavy (non-hydrogen) atoms. The van der Waals surface area contributed by atoms with Gasteiger partial charge in [0.25, 0.3) is 0 Å². The SMILES string of the molecule is CCOc1ncc(N2CCN(C(C)=O)CC2)cn1. The molecule has 1 aliphatic rings. The van der Waals surface area contributed by atoms with Gasteiger partial charge in [-0.25, -0.2) is 9.97 Å². The fraction of sp³-hybridized carbons (Fsp3) is 0.583. The average Bonchev–Trinajstić information content (AvgIpc) is 2.40. The van der Waals surface area contributed by atoms with Gasteiger partial charge in [-0.1, -0.05) is 0 Å². The second-order valence-corrected chi connectivity index (χ2v) is 4.15. The van der Waals surface area contributed by atoms with Crippen molar-refractivity contribution >= 4 is 11.6 Å². The lowest BCUT2D eigenvalue weighted by molar-refractivity contribution is -0.129. The number of ether oxygens (including phenoxy) is 1. The first-order valence-corrected chi connectivity index (χ1v) is 6.16. The number of carbonyl (C=O) groups is 1. The van der Waals surface area contributed by atoms with E-state index in [0.29, 0.717) is 12.6 Å². The molecule has 1 amide bonds. The summed E-state index contributed by atoms with van der Waals surface area (Å²) in [6.45, 7) is 7.21. The maximum Gasteiger partial charge on any atom is 0.316 e. The summed E-state index contributed by atoms with van der Waals surface area (Å²) in [6.07, 6.45) is 3.53. The van der Waals surface area contributed by atoms with Crippen molar-refractivity contribution in [1.29, 1.82) is 0 Å². The number of amides is 1. The van der Waals surface area contributed by atoms with E-state index in [0.717, 1.165) is 31.9 Å². The van der Waals surface area contributed by atoms with Gasteiger partial charge in [-0.2, -0.15) is 0 Å². The number of piperazine rings is 1. The zero-order valence-corrected chi connectivity index (χ0v) is 10.8. The van der Waals surface area contributed by atoms with Gasteiger partial charge in [0.05, 0.1) is 24.7 Å². The van der Waals surface area contributed by atoms with E-state index in [1.807, 2.05) is 11.8 Å². The highest BCUT2D eigenvalue weighted by molar-refractivity contribution is 5.73. The van der Waals surface area contributed by atoms with E-state index in [4.69, 9.17) is 4.74 Å². The van der Waals surface area contributed by atoms with E-state index in [1.165, 1.54) is 0 Å². The van der Waals surface area contributed by atoms with Crippen LogP contribution in [0.3, 0.4) is 0 Å². The van der Waals surface area contributed by atoms with Crippen LogP contribution in [0.1, 0.15) is 13.8 Å². The second kappa shape index (κ2) is 5.66. The molecule has 0 aromatic carbocycles. The Morgan fingerprint density at radius 1 is 1.28 bits per heavy atom. The molecule has 0 bridgehead atoms. The number of carbonyl (C=O) groups excluding carboxylic acids is 1. The van der Waals surface area contributed by atoms with Crippen molar-refractivity contribution in [2.75, 3.05) is 37.7 Å². The number of hydrogen-bond acceptors (Lipinski definition) is 5. The lowest BCUT2D eigenvalue weighted by Gasteiger charge is -2.35. The van der Waals surface area contributed by atoms with Crippen molar-refractivity contribution in [3.63, 3.8) is 0 Å². The number of rotatable bonds is 3. The van der Waals surface area contributed by atoms with E-state index in [9.17, 15) is 4.79 Å². The minimum absolute atomic E-state index is 0.137. The van der Waals surface area contributed by atoms with Crippen LogP contribution in [-0.4, -0.2) is 53.6 Å². The molecule has 0 unspecified atom stereocenters. The fourth-order valence-electron chi connectivity index (χ4n) is 1.96. The zero-order chi connectivity index (χ0) is 13.0. The van der Waals surface area contributed by atoms with Crippen LogP contribution in [0.2, 0.25) is 0 Å². The Labute approximate surface area is 107 Å². The maximum absolute atomic E-state index is 11.2. The van der Waals surface area contributed by atoms with Gasteiger partial charge >= 0.3 is 6.01 Å². The van der Waals surface area contributed by atoms with E-state index in [2.05, 4.69) is 14.9 Å². The van der Waals surface area contributed by atoms with E-state index >= 15 is 0 Å². The Hall–Kier alpha value is -1.85. The highest BCUT2D eigenvalue weighted by Crippen LogP contribution is 2.15. The summed E-state index contributed by atoms with van der Waals surface area (Å²) in [6, 6.07) is 0.406. The number of hydrogen-bond donors (Lipinski definition) is 0. The molecule has 98 valence electrons. The van der Waals surface area contributed by atoms with Crippen LogP contribution in [0, 0.1) is 0 Å². The monoisotopic (exact) mass is 250 g/mol. The first-order chi connectivity index (χ1) is 8.70. The summed E-state index contributed by atoms with van der Waals surface area (Å²) in [5.74, 6) is 0.137. The van der Waals surface area contributed by atoms with Gasteiger partial charge in [-0.05, 0) is 6.92 Å². The molecule has 0 radical (unpaired) electrons. The molecular formula is C12H18N4O2. The molecule has 6 heteroatoms. The van der Waals surface area contributed by atoms with Crippen LogP contribution in [0.25, 0.3) is 0 Å². The van der Waals surface area contributed by atoms with Crippen LogP contribution >= 0.6 is 0 Å². The van der Waals surface area contributed by atoms with E-state index in [-0.39, 0.29) is 5.91 Å². The topological polar surface area (TPSA) is 58.6 Å². The standard InChI is InChI=1S/C12H18N4O2/c1-3-18-12-13-8-11(9-14-12)16-6-4-15(5-7-16)10(2)17/h8-9H,3-7H2,1-2H3. The molecular weight excluding hydrogens is 232 g/mol. The largest absolute Gasteiger partial charge is 0.464 e. The zero-order valence-electron chi connectivity index (χ0n) is 10.8. The molecule has 0 atom stereocenters. The van der Waals surface area contributed by atoms with E-state index < -0.39 is 0 Å². The van der Waals surface area contributed by atoms with Crippen LogP contribution in [0.15, 0.2) is 12.4 Å². The van der Waals surface area contributed by atoms with Gasteiger partial charge in [-0.3, -0.25) is 4.79 Å². The van der Waals surface area contributed by atoms with Crippen molar-refractivity contribution in [1.82, 2.24) is 14.9 Å². The smallest absolute Gasteiger partial charge is 0.316 e. The summed E-state index contributed by atoms with van der Waals surface area (Å²) >= 11 is 0. The molecule has 2 heterocycles. The number of nitrogens with zero attached hydrogens (tertiary/aromatic N) is 4. The molecule has 0 aliphatic carbocycles. The molecule has 1 aromatic rings. The second-order valence-electron chi connectivity index (χ2n) is 4.15. The predicted octanol–water partition coefficient (Wildman–Crippen LogP) is 0.544. The Kier molecular flexibility index (Phi) is 3.96. The van der Waals surface area contributed by atoms with Gasteiger partial charge in [0, 0.05) is 33.1 Å². The average molecular weight is 250 g/mol. The quantitative estimate of drug-likeness (QED) is 0.784. The van der Waals surface area contributed by atoms with Crippen LogP contribution in [0.5, 0.6) is 6.01 Å².